The van der Waals surface area contributed by atoms with Gasteiger partial charge in [-0.1, -0.05) is 67.1 Å². The molecule has 0 fully saturated rings. The third kappa shape index (κ3) is 2.49. The van der Waals surface area contributed by atoms with Gasteiger partial charge in [-0.3, -0.25) is 0 Å². The fraction of sp³-hybridized carbons (Fsp3) is 0.176. The molecule has 20 heavy (non-hydrogen) atoms. The number of fused-ring (bicyclic) bond motifs is 2. The van der Waals surface area contributed by atoms with E-state index in [2.05, 4.69) is 48.6 Å². The van der Waals surface area contributed by atoms with Gasteiger partial charge < -0.3 is 5.32 Å². The van der Waals surface area contributed by atoms with Gasteiger partial charge in [-0.05, 0) is 22.9 Å². The Bertz CT molecular complexity index is 680. The van der Waals surface area contributed by atoms with Gasteiger partial charge in [-0.15, -0.1) is 12.4 Å². The van der Waals surface area contributed by atoms with Crippen LogP contribution in [0.2, 0.25) is 5.02 Å². The maximum atomic E-state index is 6.56. The quantitative estimate of drug-likeness (QED) is 0.658. The van der Waals surface area contributed by atoms with Crippen LogP contribution in [0.25, 0.3) is 21.5 Å². The number of halogens is 2. The average Bonchev–Trinajstić information content (AvgIpc) is 2.47. The van der Waals surface area contributed by atoms with E-state index in [0.717, 1.165) is 28.9 Å². The van der Waals surface area contributed by atoms with Crippen LogP contribution in [0.3, 0.4) is 0 Å². The van der Waals surface area contributed by atoms with E-state index < -0.39 is 0 Å². The Morgan fingerprint density at radius 1 is 0.850 bits per heavy atom. The van der Waals surface area contributed by atoms with Gasteiger partial charge >= 0.3 is 0 Å². The predicted octanol–water partition coefficient (Wildman–Crippen LogP) is 5.18. The molecule has 3 heteroatoms. The highest BCUT2D eigenvalue weighted by Crippen LogP contribution is 2.35. The maximum Gasteiger partial charge on any atom is 0.0562 e. The molecule has 0 bridgehead atoms. The summed E-state index contributed by atoms with van der Waals surface area (Å²) in [6, 6.07) is 16.7. The highest BCUT2D eigenvalue weighted by atomic mass is 35.5. The first-order valence-corrected chi connectivity index (χ1v) is 6.99. The van der Waals surface area contributed by atoms with Gasteiger partial charge in [-0.25, -0.2) is 0 Å². The normalized spacial score (nSPS) is 10.7. The van der Waals surface area contributed by atoms with E-state index in [1.807, 2.05) is 12.1 Å². The molecular formula is C17H17Cl2N. The molecule has 0 aliphatic heterocycles. The molecule has 0 aromatic heterocycles. The van der Waals surface area contributed by atoms with Gasteiger partial charge in [0.15, 0.2) is 0 Å². The van der Waals surface area contributed by atoms with E-state index in [9.17, 15) is 0 Å². The smallest absolute Gasteiger partial charge is 0.0562 e. The fourth-order valence-electron chi connectivity index (χ4n) is 2.61. The number of benzene rings is 3. The van der Waals surface area contributed by atoms with Gasteiger partial charge in [0.2, 0.25) is 0 Å². The van der Waals surface area contributed by atoms with Crippen molar-refractivity contribution < 1.29 is 0 Å². The van der Waals surface area contributed by atoms with Crippen molar-refractivity contribution in [2.45, 2.75) is 13.5 Å². The second kappa shape index (κ2) is 6.45. The zero-order chi connectivity index (χ0) is 13.2. The van der Waals surface area contributed by atoms with Crippen LogP contribution in [0.1, 0.15) is 12.5 Å². The van der Waals surface area contributed by atoms with Crippen LogP contribution < -0.4 is 5.32 Å². The molecule has 1 nitrogen and oxygen atoms in total. The largest absolute Gasteiger partial charge is 0.313 e. The first-order chi connectivity index (χ1) is 9.33. The number of hydrogen-bond acceptors (Lipinski definition) is 1. The summed E-state index contributed by atoms with van der Waals surface area (Å²) in [5, 5.41) is 9.03. The Balaban J connectivity index is 0.00000147. The first-order valence-electron chi connectivity index (χ1n) is 6.61. The summed E-state index contributed by atoms with van der Waals surface area (Å²) >= 11 is 6.56. The number of nitrogens with one attached hydrogen (secondary N) is 1. The van der Waals surface area contributed by atoms with E-state index >= 15 is 0 Å². The molecule has 0 aliphatic carbocycles. The summed E-state index contributed by atoms with van der Waals surface area (Å²) in [5.74, 6) is 0. The third-order valence-electron chi connectivity index (χ3n) is 3.53. The van der Waals surface area contributed by atoms with Crippen molar-refractivity contribution in [2.75, 3.05) is 6.54 Å². The zero-order valence-corrected chi connectivity index (χ0v) is 12.9. The molecule has 0 unspecified atom stereocenters. The molecule has 0 amide bonds. The second-order valence-corrected chi connectivity index (χ2v) is 5.04. The molecule has 0 radical (unpaired) electrons. The van der Waals surface area contributed by atoms with Crippen LogP contribution in [-0.2, 0) is 6.54 Å². The van der Waals surface area contributed by atoms with Crippen molar-refractivity contribution >= 4 is 45.6 Å². The SMILES string of the molecule is CCNCc1c2ccccc2c(Cl)c2ccccc12.Cl. The Hall–Kier alpha value is -1.28. The zero-order valence-electron chi connectivity index (χ0n) is 11.3. The molecular weight excluding hydrogens is 289 g/mol. The fourth-order valence-corrected chi connectivity index (χ4v) is 2.94. The summed E-state index contributed by atoms with van der Waals surface area (Å²) < 4.78 is 0. The van der Waals surface area contributed by atoms with Crippen LogP contribution in [0, 0.1) is 0 Å². The molecule has 0 saturated heterocycles. The standard InChI is InChI=1S/C17H16ClN.ClH/c1-2-19-11-16-12-7-3-5-9-14(12)17(18)15-10-6-4-8-13(15)16;/h3-10,19H,2,11H2,1H3;1H. The van der Waals surface area contributed by atoms with Crippen LogP contribution >= 0.6 is 24.0 Å². The second-order valence-electron chi connectivity index (χ2n) is 4.66. The van der Waals surface area contributed by atoms with Crippen molar-refractivity contribution in [2.24, 2.45) is 0 Å². The molecule has 0 saturated carbocycles. The molecule has 3 aromatic rings. The van der Waals surface area contributed by atoms with Crippen molar-refractivity contribution in [3.8, 4) is 0 Å². The Labute approximate surface area is 130 Å². The van der Waals surface area contributed by atoms with Crippen molar-refractivity contribution in [1.29, 1.82) is 0 Å². The van der Waals surface area contributed by atoms with Crippen LogP contribution in [0.15, 0.2) is 48.5 Å². The number of hydrogen-bond donors (Lipinski definition) is 1. The van der Waals surface area contributed by atoms with E-state index in [0.29, 0.717) is 0 Å². The lowest BCUT2D eigenvalue weighted by Gasteiger charge is -2.13. The summed E-state index contributed by atoms with van der Waals surface area (Å²) in [6.45, 7) is 3.96. The molecule has 0 aliphatic rings. The van der Waals surface area contributed by atoms with Crippen LogP contribution in [0.5, 0.6) is 0 Å². The van der Waals surface area contributed by atoms with Gasteiger partial charge in [0.25, 0.3) is 0 Å². The maximum absolute atomic E-state index is 6.56. The average molecular weight is 306 g/mol. The Morgan fingerprint density at radius 2 is 1.30 bits per heavy atom. The summed E-state index contributed by atoms with van der Waals surface area (Å²) in [5.41, 5.74) is 1.33. The Morgan fingerprint density at radius 3 is 1.75 bits per heavy atom. The van der Waals surface area contributed by atoms with Gasteiger partial charge in [0.1, 0.15) is 0 Å². The van der Waals surface area contributed by atoms with Crippen molar-refractivity contribution in [3.63, 3.8) is 0 Å². The summed E-state index contributed by atoms with van der Waals surface area (Å²) in [4.78, 5) is 0. The molecule has 0 atom stereocenters. The van der Waals surface area contributed by atoms with Crippen LogP contribution in [-0.4, -0.2) is 6.54 Å². The van der Waals surface area contributed by atoms with Gasteiger partial charge in [0.05, 0.1) is 5.02 Å². The molecule has 3 rings (SSSR count). The highest BCUT2D eigenvalue weighted by molar-refractivity contribution is 6.41. The number of rotatable bonds is 3. The van der Waals surface area contributed by atoms with Crippen molar-refractivity contribution in [3.05, 3.63) is 59.1 Å². The minimum absolute atomic E-state index is 0. The molecule has 104 valence electrons. The molecule has 1 N–H and O–H groups in total. The lowest BCUT2D eigenvalue weighted by atomic mass is 9.96. The minimum atomic E-state index is 0. The van der Waals surface area contributed by atoms with Gasteiger partial charge in [-0.2, -0.15) is 0 Å². The molecule has 0 heterocycles. The summed E-state index contributed by atoms with van der Waals surface area (Å²) in [7, 11) is 0. The monoisotopic (exact) mass is 305 g/mol. The van der Waals surface area contributed by atoms with E-state index in [-0.39, 0.29) is 12.4 Å². The van der Waals surface area contributed by atoms with E-state index in [1.54, 1.807) is 0 Å². The Kier molecular flexibility index (Phi) is 4.87. The van der Waals surface area contributed by atoms with E-state index in [1.165, 1.54) is 16.3 Å². The van der Waals surface area contributed by atoms with Crippen LogP contribution in [0.4, 0.5) is 0 Å². The molecule has 0 spiro atoms. The predicted molar refractivity (Wildman–Crippen MR) is 91.1 cm³/mol. The van der Waals surface area contributed by atoms with E-state index in [4.69, 9.17) is 11.6 Å². The van der Waals surface area contributed by atoms with Crippen molar-refractivity contribution in [1.82, 2.24) is 5.32 Å². The third-order valence-corrected chi connectivity index (χ3v) is 3.94. The summed E-state index contributed by atoms with van der Waals surface area (Å²) in [6.07, 6.45) is 0. The topological polar surface area (TPSA) is 12.0 Å². The molecule has 3 aromatic carbocycles. The van der Waals surface area contributed by atoms with Gasteiger partial charge in [0, 0.05) is 17.3 Å². The minimum Gasteiger partial charge on any atom is -0.313 e. The first kappa shape index (κ1) is 15.1. The highest BCUT2D eigenvalue weighted by Gasteiger charge is 2.11. The lowest BCUT2D eigenvalue weighted by molar-refractivity contribution is 0.734. The lowest BCUT2D eigenvalue weighted by Crippen LogP contribution is -2.12.